The summed E-state index contributed by atoms with van der Waals surface area (Å²) in [6.45, 7) is -0.0467. The molecule has 178 valence electrons. The monoisotopic (exact) mass is 491 g/mol. The summed E-state index contributed by atoms with van der Waals surface area (Å²) in [7, 11) is -3.80. The number of aromatic hydroxyl groups is 1. The molecule has 0 saturated heterocycles. The molecule has 0 aromatic heterocycles. The minimum absolute atomic E-state index is 0.0287. The number of carbonyl (C=O) groups excluding carboxylic acids is 1. The Bertz CT molecular complexity index is 1530. The van der Waals surface area contributed by atoms with Crippen molar-refractivity contribution in [2.75, 3.05) is 0 Å². The van der Waals surface area contributed by atoms with Crippen LogP contribution in [0, 0.1) is 0 Å². The van der Waals surface area contributed by atoms with Gasteiger partial charge in [-0.2, -0.15) is 0 Å². The standard InChI is InChI=1S/C26H21NO7S/c27-35(32,33)23-9-3-17(4-10-23)15-34-26(31)20-8-7-19-14-24(28)22(13-21(19)12-20)11-16-1-5-18(6-2-16)25(29)30/h1-10,12-14,28H,11,15H2,(H,29,30)(H2,27,32,33). The van der Waals surface area contributed by atoms with Crippen molar-refractivity contribution in [2.45, 2.75) is 17.9 Å². The second-order valence-electron chi connectivity index (χ2n) is 7.99. The van der Waals surface area contributed by atoms with Crippen molar-refractivity contribution in [3.8, 4) is 5.75 Å². The summed E-state index contributed by atoms with van der Waals surface area (Å²) < 4.78 is 28.0. The van der Waals surface area contributed by atoms with Crippen molar-refractivity contribution in [3.05, 3.63) is 107 Å². The second-order valence-corrected chi connectivity index (χ2v) is 9.55. The van der Waals surface area contributed by atoms with Crippen LogP contribution in [0.15, 0.2) is 83.8 Å². The van der Waals surface area contributed by atoms with E-state index in [2.05, 4.69) is 0 Å². The van der Waals surface area contributed by atoms with Crippen LogP contribution in [0.1, 0.15) is 37.4 Å². The van der Waals surface area contributed by atoms with E-state index >= 15 is 0 Å². The number of carbonyl (C=O) groups is 2. The molecular formula is C26H21NO7S. The van der Waals surface area contributed by atoms with Gasteiger partial charge in [-0.15, -0.1) is 0 Å². The Hall–Kier alpha value is -4.21. The van der Waals surface area contributed by atoms with E-state index in [1.54, 1.807) is 42.5 Å². The number of primary sulfonamides is 1. The molecular weight excluding hydrogens is 470 g/mol. The van der Waals surface area contributed by atoms with Gasteiger partial charge in [0.2, 0.25) is 10.0 Å². The summed E-state index contributed by atoms with van der Waals surface area (Å²) in [6, 6.07) is 20.5. The second kappa shape index (κ2) is 9.57. The average Bonchev–Trinajstić information content (AvgIpc) is 2.83. The molecule has 0 aliphatic heterocycles. The Morgan fingerprint density at radius 3 is 2.06 bits per heavy atom. The van der Waals surface area contributed by atoms with E-state index in [0.29, 0.717) is 23.1 Å². The SMILES string of the molecule is NS(=O)(=O)c1ccc(COC(=O)c2ccc3cc(O)c(Cc4ccc(C(=O)O)cc4)cc3c2)cc1. The largest absolute Gasteiger partial charge is 0.508 e. The normalized spacial score (nSPS) is 11.3. The molecule has 4 N–H and O–H groups in total. The van der Waals surface area contributed by atoms with E-state index in [-0.39, 0.29) is 22.8 Å². The Morgan fingerprint density at radius 1 is 0.800 bits per heavy atom. The first-order chi connectivity index (χ1) is 16.6. The van der Waals surface area contributed by atoms with Crippen molar-refractivity contribution in [2.24, 2.45) is 5.14 Å². The topological polar surface area (TPSA) is 144 Å². The van der Waals surface area contributed by atoms with Crippen molar-refractivity contribution >= 4 is 32.7 Å². The van der Waals surface area contributed by atoms with Crippen LogP contribution >= 0.6 is 0 Å². The fraction of sp³-hybridized carbons (Fsp3) is 0.0769. The summed E-state index contributed by atoms with van der Waals surface area (Å²) in [6.07, 6.45) is 0.380. The van der Waals surface area contributed by atoms with Gasteiger partial charge in [0.25, 0.3) is 0 Å². The lowest BCUT2D eigenvalue weighted by molar-refractivity contribution is 0.0472. The van der Waals surface area contributed by atoms with Crippen LogP contribution in [0.25, 0.3) is 10.8 Å². The number of rotatable bonds is 7. The molecule has 8 nitrogen and oxygen atoms in total. The summed E-state index contributed by atoms with van der Waals surface area (Å²) in [5.41, 5.74) is 2.56. The van der Waals surface area contributed by atoms with E-state index in [1.807, 2.05) is 0 Å². The number of carboxylic acids is 1. The van der Waals surface area contributed by atoms with Crippen molar-refractivity contribution in [1.82, 2.24) is 0 Å². The number of phenolic OH excluding ortho intramolecular Hbond substituents is 1. The number of benzene rings is 4. The third-order valence-electron chi connectivity index (χ3n) is 5.49. The maximum Gasteiger partial charge on any atom is 0.338 e. The maximum atomic E-state index is 12.6. The number of fused-ring (bicyclic) bond motifs is 1. The third kappa shape index (κ3) is 5.65. The number of nitrogens with two attached hydrogens (primary N) is 1. The molecule has 4 rings (SSSR count). The average molecular weight is 492 g/mol. The minimum Gasteiger partial charge on any atom is -0.508 e. The number of phenols is 1. The quantitative estimate of drug-likeness (QED) is 0.333. The van der Waals surface area contributed by atoms with Gasteiger partial charge in [0.1, 0.15) is 12.4 Å². The zero-order chi connectivity index (χ0) is 25.2. The summed E-state index contributed by atoms with van der Waals surface area (Å²) >= 11 is 0. The number of hydrogen-bond acceptors (Lipinski definition) is 6. The van der Waals surface area contributed by atoms with E-state index in [9.17, 15) is 23.1 Å². The molecule has 4 aromatic rings. The van der Waals surface area contributed by atoms with Gasteiger partial charge in [-0.3, -0.25) is 0 Å². The molecule has 0 aliphatic carbocycles. The van der Waals surface area contributed by atoms with Crippen LogP contribution in [0.3, 0.4) is 0 Å². The van der Waals surface area contributed by atoms with E-state index in [0.717, 1.165) is 16.3 Å². The molecule has 0 fully saturated rings. The summed E-state index contributed by atoms with van der Waals surface area (Å²) in [5, 5.41) is 26.0. The molecule has 0 aliphatic rings. The highest BCUT2D eigenvalue weighted by Crippen LogP contribution is 2.28. The molecule has 0 heterocycles. The molecule has 9 heteroatoms. The van der Waals surface area contributed by atoms with Gasteiger partial charge in [0.05, 0.1) is 16.0 Å². The molecule has 35 heavy (non-hydrogen) atoms. The highest BCUT2D eigenvalue weighted by atomic mass is 32.2. The lowest BCUT2D eigenvalue weighted by Crippen LogP contribution is -2.12. The Kier molecular flexibility index (Phi) is 6.54. The first kappa shape index (κ1) is 23.9. The van der Waals surface area contributed by atoms with Crippen LogP contribution in [0.4, 0.5) is 0 Å². The Labute approximate surface area is 201 Å². The highest BCUT2D eigenvalue weighted by Gasteiger charge is 2.12. The predicted octanol–water partition coefficient (Wildman–Crippen LogP) is 3.84. The van der Waals surface area contributed by atoms with Gasteiger partial charge in [-0.1, -0.05) is 30.3 Å². The number of ether oxygens (including phenoxy) is 1. The van der Waals surface area contributed by atoms with Gasteiger partial charge < -0.3 is 14.9 Å². The van der Waals surface area contributed by atoms with Crippen molar-refractivity contribution in [3.63, 3.8) is 0 Å². The number of sulfonamides is 1. The lowest BCUT2D eigenvalue weighted by Gasteiger charge is -2.10. The molecule has 0 saturated carbocycles. The maximum absolute atomic E-state index is 12.6. The molecule has 0 spiro atoms. The van der Waals surface area contributed by atoms with E-state index in [1.165, 1.54) is 36.4 Å². The highest BCUT2D eigenvalue weighted by molar-refractivity contribution is 7.89. The summed E-state index contributed by atoms with van der Waals surface area (Å²) in [4.78, 5) is 23.6. The third-order valence-corrected chi connectivity index (χ3v) is 6.42. The van der Waals surface area contributed by atoms with Crippen LogP contribution in [0.5, 0.6) is 5.75 Å². The zero-order valence-electron chi connectivity index (χ0n) is 18.3. The number of aromatic carboxylic acids is 1. The molecule has 4 aromatic carbocycles. The van der Waals surface area contributed by atoms with Gasteiger partial charge in [0, 0.05) is 6.42 Å². The van der Waals surface area contributed by atoms with Gasteiger partial charge >= 0.3 is 11.9 Å². The lowest BCUT2D eigenvalue weighted by atomic mass is 9.98. The van der Waals surface area contributed by atoms with Gasteiger partial charge in [-0.05, 0) is 76.0 Å². The molecule has 0 atom stereocenters. The van der Waals surface area contributed by atoms with Crippen molar-refractivity contribution < 1.29 is 33.0 Å². The Morgan fingerprint density at radius 2 is 1.43 bits per heavy atom. The molecule has 0 radical (unpaired) electrons. The fourth-order valence-electron chi connectivity index (χ4n) is 3.59. The van der Waals surface area contributed by atoms with E-state index < -0.39 is 22.0 Å². The molecule has 0 amide bonds. The fourth-order valence-corrected chi connectivity index (χ4v) is 4.11. The summed E-state index contributed by atoms with van der Waals surface area (Å²) in [5.74, 6) is -1.47. The molecule has 0 bridgehead atoms. The van der Waals surface area contributed by atoms with Gasteiger partial charge in [-0.25, -0.2) is 23.1 Å². The number of carboxylic acid groups (broad SMARTS) is 1. The Balaban J connectivity index is 1.50. The van der Waals surface area contributed by atoms with Crippen LogP contribution in [-0.2, 0) is 27.8 Å². The first-order valence-electron chi connectivity index (χ1n) is 10.5. The zero-order valence-corrected chi connectivity index (χ0v) is 19.2. The van der Waals surface area contributed by atoms with Crippen LogP contribution in [0.2, 0.25) is 0 Å². The first-order valence-corrected chi connectivity index (χ1v) is 12.0. The number of esters is 1. The predicted molar refractivity (Wildman–Crippen MR) is 129 cm³/mol. The van der Waals surface area contributed by atoms with E-state index in [4.69, 9.17) is 15.0 Å². The molecule has 0 unspecified atom stereocenters. The van der Waals surface area contributed by atoms with Gasteiger partial charge in [0.15, 0.2) is 0 Å². The van der Waals surface area contributed by atoms with Crippen LogP contribution in [-0.4, -0.2) is 30.6 Å². The smallest absolute Gasteiger partial charge is 0.338 e. The number of hydrogen-bond donors (Lipinski definition) is 3. The minimum atomic E-state index is -3.80. The van der Waals surface area contributed by atoms with Crippen LogP contribution < -0.4 is 5.14 Å². The van der Waals surface area contributed by atoms with Crippen molar-refractivity contribution in [1.29, 1.82) is 0 Å².